The summed E-state index contributed by atoms with van der Waals surface area (Å²) in [5.74, 6) is -4.97. The van der Waals surface area contributed by atoms with E-state index < -0.39 is 95.9 Å². The van der Waals surface area contributed by atoms with Gasteiger partial charge >= 0.3 is 18.0 Å². The lowest BCUT2D eigenvalue weighted by Gasteiger charge is -2.32. The third kappa shape index (κ3) is 18.3. The highest BCUT2D eigenvalue weighted by Gasteiger charge is 2.41. The molecule has 17 nitrogen and oxygen atoms in total. The number of hydrogen-bond donors (Lipinski definition) is 4. The van der Waals surface area contributed by atoms with Gasteiger partial charge in [0, 0.05) is 6.54 Å². The van der Waals surface area contributed by atoms with E-state index in [1.54, 1.807) is 77.9 Å². The summed E-state index contributed by atoms with van der Waals surface area (Å²) in [6.45, 7) is 9.89. The van der Waals surface area contributed by atoms with Crippen LogP contribution in [0, 0.1) is 5.92 Å². The number of alkyl carbamates (subject to hydrolysis) is 1. The fourth-order valence-electron chi connectivity index (χ4n) is 7.53. The van der Waals surface area contributed by atoms with Crippen LogP contribution < -0.4 is 21.3 Å². The lowest BCUT2D eigenvalue weighted by atomic mass is 10.0. The number of hydrogen-bond acceptors (Lipinski definition) is 12. The monoisotopic (exact) mass is 977 g/mol. The number of carbonyl (C=O) groups is 7. The third-order valence-electron chi connectivity index (χ3n) is 11.3. The van der Waals surface area contributed by atoms with Crippen LogP contribution in [0.15, 0.2) is 121 Å². The molecular weight excluding hydrogens is 911 g/mol. The molecule has 0 radical (unpaired) electrons. The molecule has 0 saturated carbocycles. The highest BCUT2D eigenvalue weighted by atomic mass is 16.6. The van der Waals surface area contributed by atoms with Gasteiger partial charge in [-0.3, -0.25) is 24.0 Å². The van der Waals surface area contributed by atoms with E-state index in [-0.39, 0.29) is 46.0 Å². The van der Waals surface area contributed by atoms with Gasteiger partial charge in [0.05, 0.1) is 32.3 Å². The molecule has 1 aliphatic rings. The third-order valence-corrected chi connectivity index (χ3v) is 11.3. The molecule has 1 saturated heterocycles. The van der Waals surface area contributed by atoms with Crippen LogP contribution in [-0.2, 0) is 78.9 Å². The second-order valence-corrected chi connectivity index (χ2v) is 18.6. The van der Waals surface area contributed by atoms with Crippen molar-refractivity contribution >= 4 is 41.7 Å². The number of esters is 2. The van der Waals surface area contributed by atoms with Crippen molar-refractivity contribution in [3.63, 3.8) is 0 Å². The van der Waals surface area contributed by atoms with Crippen LogP contribution >= 0.6 is 0 Å². The number of ether oxygens (including phenoxy) is 5. The topological polar surface area (TPSA) is 217 Å². The van der Waals surface area contributed by atoms with E-state index in [2.05, 4.69) is 21.3 Å². The highest BCUT2D eigenvalue weighted by molar-refractivity contribution is 5.97. The van der Waals surface area contributed by atoms with Crippen LogP contribution in [0.4, 0.5) is 4.79 Å². The molecule has 1 aliphatic heterocycles. The van der Waals surface area contributed by atoms with Crippen molar-refractivity contribution in [1.82, 2.24) is 26.2 Å². The Bertz CT molecular complexity index is 2350. The van der Waals surface area contributed by atoms with Gasteiger partial charge in [-0.1, -0.05) is 135 Å². The van der Waals surface area contributed by atoms with Gasteiger partial charge < -0.3 is 49.9 Å². The van der Waals surface area contributed by atoms with Crippen molar-refractivity contribution in [2.45, 2.75) is 129 Å². The molecule has 17 heteroatoms. The van der Waals surface area contributed by atoms with Crippen LogP contribution in [0.1, 0.15) is 83.1 Å². The van der Waals surface area contributed by atoms with E-state index >= 15 is 0 Å². The van der Waals surface area contributed by atoms with Gasteiger partial charge in [-0.15, -0.1) is 0 Å². The summed E-state index contributed by atoms with van der Waals surface area (Å²) in [4.78, 5) is 98.4. The van der Waals surface area contributed by atoms with E-state index in [4.69, 9.17) is 23.7 Å². The molecule has 0 spiro atoms. The van der Waals surface area contributed by atoms with Crippen LogP contribution in [0.2, 0.25) is 0 Å². The van der Waals surface area contributed by atoms with Crippen molar-refractivity contribution in [3.05, 3.63) is 144 Å². The van der Waals surface area contributed by atoms with Crippen LogP contribution in [0.3, 0.4) is 0 Å². The maximum absolute atomic E-state index is 14.5. The highest BCUT2D eigenvalue weighted by Crippen LogP contribution is 2.22. The molecule has 0 aliphatic carbocycles. The lowest BCUT2D eigenvalue weighted by Crippen LogP contribution is -2.61. The quantitative estimate of drug-likeness (QED) is 0.0493. The molecule has 0 bridgehead atoms. The number of likely N-dealkylation sites (tertiary alicyclic amines) is 1. The number of benzene rings is 4. The zero-order valence-electron chi connectivity index (χ0n) is 41.3. The second-order valence-electron chi connectivity index (χ2n) is 18.6. The summed E-state index contributed by atoms with van der Waals surface area (Å²) in [6, 6.07) is 30.0. The normalized spacial score (nSPS) is 15.5. The van der Waals surface area contributed by atoms with Gasteiger partial charge in [0.25, 0.3) is 0 Å². The predicted octanol–water partition coefficient (Wildman–Crippen LogP) is 5.68. The van der Waals surface area contributed by atoms with Gasteiger partial charge in [0.15, 0.2) is 6.04 Å². The van der Waals surface area contributed by atoms with E-state index in [9.17, 15) is 33.6 Å². The Hall–Kier alpha value is -7.11. The Balaban J connectivity index is 1.32. The summed E-state index contributed by atoms with van der Waals surface area (Å²) in [6.07, 6.45) is -1.79. The summed E-state index contributed by atoms with van der Waals surface area (Å²) >= 11 is 0. The fraction of sp³-hybridized carbons (Fsp3) is 0.426. The Morgan fingerprint density at radius 2 is 1.10 bits per heavy atom. The molecule has 4 N–H and O–H groups in total. The predicted molar refractivity (Wildman–Crippen MR) is 262 cm³/mol. The maximum atomic E-state index is 14.5. The SMILES string of the molecule is CC(C)[C@H](NC(=O)[C@H](CC(=O)OCc1ccccc1)NC(=O)OC(C)(C)C)C(=O)N1CCC[C@H]1C(=O)N[C@@H](COCc1ccccc1)C(=O)N[C@H](C(=O)OCc1ccccc1)[C@@H](C)OCc1ccccc1. The molecule has 71 heavy (non-hydrogen) atoms. The second kappa shape index (κ2) is 27.3. The molecule has 0 unspecified atom stereocenters. The minimum absolute atomic E-state index is 0.0661. The fourth-order valence-corrected chi connectivity index (χ4v) is 7.53. The molecule has 1 fully saturated rings. The minimum atomic E-state index is -1.50. The van der Waals surface area contributed by atoms with Gasteiger partial charge in [-0.25, -0.2) is 9.59 Å². The van der Waals surface area contributed by atoms with Crippen molar-refractivity contribution in [2.24, 2.45) is 5.92 Å². The molecule has 5 rings (SSSR count). The van der Waals surface area contributed by atoms with Crippen molar-refractivity contribution in [3.8, 4) is 0 Å². The van der Waals surface area contributed by atoms with Crippen molar-refractivity contribution in [2.75, 3.05) is 13.2 Å². The minimum Gasteiger partial charge on any atom is -0.461 e. The Morgan fingerprint density at radius 3 is 1.63 bits per heavy atom. The summed E-state index contributed by atoms with van der Waals surface area (Å²) in [7, 11) is 0. The molecule has 4 aromatic rings. The average molecular weight is 978 g/mol. The van der Waals surface area contributed by atoms with E-state index in [1.165, 1.54) is 4.90 Å². The smallest absolute Gasteiger partial charge is 0.408 e. The first kappa shape index (κ1) is 54.8. The summed E-state index contributed by atoms with van der Waals surface area (Å²) in [5.41, 5.74) is 2.16. The number of carbonyl (C=O) groups excluding carboxylic acids is 7. The molecule has 0 aromatic heterocycles. The first-order valence-electron chi connectivity index (χ1n) is 23.9. The van der Waals surface area contributed by atoms with E-state index in [1.807, 2.05) is 84.9 Å². The zero-order valence-corrected chi connectivity index (χ0v) is 41.3. The Morgan fingerprint density at radius 1 is 0.606 bits per heavy atom. The average Bonchev–Trinajstić information content (AvgIpc) is 3.85. The van der Waals surface area contributed by atoms with Crippen molar-refractivity contribution < 1.29 is 57.2 Å². The van der Waals surface area contributed by atoms with Crippen LogP contribution in [0.25, 0.3) is 0 Å². The summed E-state index contributed by atoms with van der Waals surface area (Å²) < 4.78 is 28.5. The lowest BCUT2D eigenvalue weighted by molar-refractivity contribution is -0.154. The number of nitrogens with one attached hydrogen (secondary N) is 4. The largest absolute Gasteiger partial charge is 0.461 e. The van der Waals surface area contributed by atoms with Gasteiger partial charge in [0.2, 0.25) is 23.6 Å². The Kier molecular flexibility index (Phi) is 21.1. The number of rotatable bonds is 24. The Labute approximate surface area is 415 Å². The zero-order chi connectivity index (χ0) is 51.3. The van der Waals surface area contributed by atoms with Crippen molar-refractivity contribution in [1.29, 1.82) is 0 Å². The van der Waals surface area contributed by atoms with Gasteiger partial charge in [0.1, 0.15) is 43.0 Å². The maximum Gasteiger partial charge on any atom is 0.408 e. The van der Waals surface area contributed by atoms with E-state index in [0.717, 1.165) is 16.7 Å². The van der Waals surface area contributed by atoms with Gasteiger partial charge in [-0.2, -0.15) is 0 Å². The molecule has 380 valence electrons. The summed E-state index contributed by atoms with van der Waals surface area (Å²) in [5, 5.41) is 10.7. The van der Waals surface area contributed by atoms with E-state index in [0.29, 0.717) is 12.0 Å². The molecule has 5 amide bonds. The molecule has 1 heterocycles. The molecule has 6 atom stereocenters. The first-order valence-corrected chi connectivity index (χ1v) is 23.9. The van der Waals surface area contributed by atoms with Gasteiger partial charge in [-0.05, 0) is 68.7 Å². The number of amides is 5. The van der Waals surface area contributed by atoms with Crippen LogP contribution in [0.5, 0.6) is 0 Å². The standard InChI is InChI=1S/C54H67N5O12/c1-36(2)46(57-48(61)42(56-53(66)71-54(4,5)6)30-45(60)69-33-40-24-15-9-16-25-40)51(64)59-29-19-28-44(59)50(63)55-43(35-67-31-38-20-11-7-12-21-38)49(62)58-47(37(3)68-32-39-22-13-8-14-23-39)52(65)70-34-41-26-17-10-18-27-41/h7-18,20-27,36-37,42-44,46-47H,19,28-35H2,1-6H3,(H,55,63)(H,56,66)(H,57,61)(H,58,62)/t37-,42+,43+,44+,46+,47+/m1/s1. The molecule has 4 aromatic carbocycles. The van der Waals surface area contributed by atoms with Crippen LogP contribution in [-0.4, -0.2) is 102 Å². The number of nitrogens with zero attached hydrogens (tertiary/aromatic N) is 1. The first-order chi connectivity index (χ1) is 34.0. The molecular formula is C54H67N5O12.